The second-order valence-corrected chi connectivity index (χ2v) is 7.78. The Morgan fingerprint density at radius 1 is 1.24 bits per heavy atom. The minimum atomic E-state index is -4.16. The van der Waals surface area contributed by atoms with E-state index in [1.54, 1.807) is 0 Å². The van der Waals surface area contributed by atoms with Gasteiger partial charge < -0.3 is 10.5 Å². The molecule has 0 fully saturated rings. The SMILES string of the molecule is COCCCNS(=O)(=O)c1cc(S(N)(=O)=O)c(Cl)cc1N. The molecule has 0 saturated carbocycles. The van der Waals surface area contributed by atoms with Crippen LogP contribution in [0.1, 0.15) is 6.42 Å². The Hall–Kier alpha value is -0.910. The van der Waals surface area contributed by atoms with Gasteiger partial charge in [-0.25, -0.2) is 26.7 Å². The normalized spacial score (nSPS) is 12.5. The first kappa shape index (κ1) is 18.1. The first-order valence-corrected chi connectivity index (χ1v) is 9.11. The number of rotatable bonds is 7. The van der Waals surface area contributed by atoms with E-state index in [-0.39, 0.29) is 17.3 Å². The Morgan fingerprint density at radius 2 is 1.86 bits per heavy atom. The van der Waals surface area contributed by atoms with E-state index in [0.29, 0.717) is 13.0 Å². The molecule has 0 spiro atoms. The van der Waals surface area contributed by atoms with Crippen LogP contribution in [-0.4, -0.2) is 37.1 Å². The van der Waals surface area contributed by atoms with Crippen molar-refractivity contribution < 1.29 is 21.6 Å². The molecule has 0 aromatic heterocycles. The number of anilines is 1. The first-order chi connectivity index (χ1) is 9.59. The summed E-state index contributed by atoms with van der Waals surface area (Å²) >= 11 is 5.71. The second kappa shape index (κ2) is 6.90. The molecule has 0 aliphatic rings. The molecule has 0 heterocycles. The van der Waals surface area contributed by atoms with Crippen LogP contribution in [0.3, 0.4) is 0 Å². The van der Waals surface area contributed by atoms with E-state index in [0.717, 1.165) is 12.1 Å². The predicted molar refractivity (Wildman–Crippen MR) is 78.9 cm³/mol. The van der Waals surface area contributed by atoms with Crippen LogP contribution in [-0.2, 0) is 24.8 Å². The van der Waals surface area contributed by atoms with Crippen LogP contribution < -0.4 is 15.6 Å². The summed E-state index contributed by atoms with van der Waals surface area (Å²) in [5, 5.41) is 4.73. The summed E-state index contributed by atoms with van der Waals surface area (Å²) < 4.78 is 54.0. The van der Waals surface area contributed by atoms with Crippen molar-refractivity contribution in [2.45, 2.75) is 16.2 Å². The molecule has 1 rings (SSSR count). The summed E-state index contributed by atoms with van der Waals surface area (Å²) in [4.78, 5) is -0.899. The standard InChI is InChI=1S/C10H16ClN3O5S2/c1-19-4-2-3-14-21(17,18)10-6-9(20(13,15)16)7(11)5-8(10)12/h5-6,14H,2-4,12H2,1H3,(H2,13,15,16). The van der Waals surface area contributed by atoms with Crippen molar-refractivity contribution in [1.82, 2.24) is 4.72 Å². The Morgan fingerprint density at radius 3 is 2.38 bits per heavy atom. The van der Waals surface area contributed by atoms with Gasteiger partial charge in [-0.3, -0.25) is 0 Å². The van der Waals surface area contributed by atoms with Crippen molar-refractivity contribution in [2.24, 2.45) is 5.14 Å². The Labute approximate surface area is 128 Å². The molecule has 0 bridgehead atoms. The molecule has 0 saturated heterocycles. The van der Waals surface area contributed by atoms with Gasteiger partial charge in [-0.05, 0) is 18.6 Å². The molecule has 1 aromatic carbocycles. The van der Waals surface area contributed by atoms with Crippen molar-refractivity contribution >= 4 is 37.3 Å². The monoisotopic (exact) mass is 357 g/mol. The number of halogens is 1. The average molecular weight is 358 g/mol. The zero-order valence-electron chi connectivity index (χ0n) is 11.2. The molecule has 8 nitrogen and oxygen atoms in total. The lowest BCUT2D eigenvalue weighted by Crippen LogP contribution is -2.27. The summed E-state index contributed by atoms with van der Waals surface area (Å²) in [7, 11) is -6.65. The first-order valence-electron chi connectivity index (χ1n) is 5.70. The lowest BCUT2D eigenvalue weighted by molar-refractivity contribution is 0.196. The van der Waals surface area contributed by atoms with Crippen LogP contribution in [0, 0.1) is 0 Å². The highest BCUT2D eigenvalue weighted by Crippen LogP contribution is 2.29. The van der Waals surface area contributed by atoms with Crippen molar-refractivity contribution in [3.05, 3.63) is 17.2 Å². The summed E-state index contributed by atoms with van der Waals surface area (Å²) in [5.74, 6) is 0. The third-order valence-electron chi connectivity index (χ3n) is 2.48. The van der Waals surface area contributed by atoms with E-state index < -0.39 is 29.8 Å². The van der Waals surface area contributed by atoms with E-state index in [1.807, 2.05) is 0 Å². The number of hydrogen-bond donors (Lipinski definition) is 3. The number of primary sulfonamides is 1. The number of benzene rings is 1. The minimum absolute atomic E-state index is 0.114. The summed E-state index contributed by atoms with van der Waals surface area (Å²) in [6.45, 7) is 0.490. The third-order valence-corrected chi connectivity index (χ3v) is 5.37. The van der Waals surface area contributed by atoms with Crippen LogP contribution in [0.5, 0.6) is 0 Å². The van der Waals surface area contributed by atoms with Gasteiger partial charge in [0.2, 0.25) is 20.0 Å². The molecule has 0 radical (unpaired) electrons. The fourth-order valence-corrected chi connectivity index (χ4v) is 3.89. The number of methoxy groups -OCH3 is 1. The Balaban J connectivity index is 3.18. The Kier molecular flexibility index (Phi) is 5.96. The van der Waals surface area contributed by atoms with Gasteiger partial charge in [-0.2, -0.15) is 0 Å². The molecule has 0 aliphatic heterocycles. The summed E-state index contributed by atoms with van der Waals surface area (Å²) in [5.41, 5.74) is 5.41. The van der Waals surface area contributed by atoms with Crippen LogP contribution >= 0.6 is 11.6 Å². The topological polar surface area (TPSA) is 142 Å². The van der Waals surface area contributed by atoms with Crippen LogP contribution in [0.25, 0.3) is 0 Å². The highest BCUT2D eigenvalue weighted by Gasteiger charge is 2.23. The van der Waals surface area contributed by atoms with Gasteiger partial charge in [0.15, 0.2) is 0 Å². The number of hydrogen-bond acceptors (Lipinski definition) is 6. The molecule has 0 amide bonds. The second-order valence-electron chi connectivity index (χ2n) is 4.11. The predicted octanol–water partition coefficient (Wildman–Crippen LogP) is -0.116. The van der Waals surface area contributed by atoms with Crippen molar-refractivity contribution in [3.8, 4) is 0 Å². The molecule has 11 heteroatoms. The quantitative estimate of drug-likeness (QED) is 0.459. The number of sulfonamides is 2. The fourth-order valence-electron chi connectivity index (χ4n) is 1.50. The van der Waals surface area contributed by atoms with Gasteiger partial charge in [0.05, 0.1) is 10.7 Å². The van der Waals surface area contributed by atoms with Gasteiger partial charge in [0.25, 0.3) is 0 Å². The maximum absolute atomic E-state index is 12.1. The average Bonchev–Trinajstić information content (AvgIpc) is 2.32. The highest BCUT2D eigenvalue weighted by atomic mass is 35.5. The number of nitrogen functional groups attached to an aromatic ring is 1. The molecule has 1 aromatic rings. The lowest BCUT2D eigenvalue weighted by Gasteiger charge is -2.11. The molecule has 120 valence electrons. The molecule has 0 atom stereocenters. The van der Waals surface area contributed by atoms with E-state index in [1.165, 1.54) is 7.11 Å². The van der Waals surface area contributed by atoms with Crippen LogP contribution in [0.15, 0.2) is 21.9 Å². The molecular weight excluding hydrogens is 342 g/mol. The lowest BCUT2D eigenvalue weighted by atomic mass is 10.3. The fraction of sp³-hybridized carbons (Fsp3) is 0.400. The van der Waals surface area contributed by atoms with E-state index in [2.05, 4.69) is 4.72 Å². The van der Waals surface area contributed by atoms with Gasteiger partial charge in [-0.1, -0.05) is 11.6 Å². The molecule has 5 N–H and O–H groups in total. The Bertz CT molecular complexity index is 718. The summed E-state index contributed by atoms with van der Waals surface area (Å²) in [6, 6.07) is 1.87. The van der Waals surface area contributed by atoms with Gasteiger partial charge in [0.1, 0.15) is 9.79 Å². The maximum Gasteiger partial charge on any atom is 0.242 e. The largest absolute Gasteiger partial charge is 0.398 e. The maximum atomic E-state index is 12.1. The smallest absolute Gasteiger partial charge is 0.242 e. The van der Waals surface area contributed by atoms with E-state index >= 15 is 0 Å². The summed E-state index contributed by atoms with van der Waals surface area (Å²) in [6.07, 6.45) is 0.450. The van der Waals surface area contributed by atoms with Crippen molar-refractivity contribution in [3.63, 3.8) is 0 Å². The zero-order chi connectivity index (χ0) is 16.3. The molecule has 21 heavy (non-hydrogen) atoms. The molecule has 0 aliphatic carbocycles. The number of nitrogens with two attached hydrogens (primary N) is 2. The van der Waals surface area contributed by atoms with Crippen molar-refractivity contribution in [2.75, 3.05) is 26.0 Å². The van der Waals surface area contributed by atoms with Crippen LogP contribution in [0.4, 0.5) is 5.69 Å². The zero-order valence-corrected chi connectivity index (χ0v) is 13.6. The van der Waals surface area contributed by atoms with Crippen LogP contribution in [0.2, 0.25) is 5.02 Å². The van der Waals surface area contributed by atoms with Gasteiger partial charge in [-0.15, -0.1) is 0 Å². The van der Waals surface area contributed by atoms with E-state index in [4.69, 9.17) is 27.2 Å². The third kappa shape index (κ3) is 4.80. The minimum Gasteiger partial charge on any atom is -0.398 e. The number of nitrogens with one attached hydrogen (secondary N) is 1. The van der Waals surface area contributed by atoms with E-state index in [9.17, 15) is 16.8 Å². The highest BCUT2D eigenvalue weighted by molar-refractivity contribution is 7.90. The van der Waals surface area contributed by atoms with Crippen molar-refractivity contribution in [1.29, 1.82) is 0 Å². The molecular formula is C10H16ClN3O5S2. The number of ether oxygens (including phenoxy) is 1. The van der Waals surface area contributed by atoms with Gasteiger partial charge >= 0.3 is 0 Å². The van der Waals surface area contributed by atoms with Gasteiger partial charge in [0, 0.05) is 20.3 Å². The molecule has 0 unspecified atom stereocenters.